The number of piperazine rings is 1. The number of benzene rings is 2. The summed E-state index contributed by atoms with van der Waals surface area (Å²) < 4.78 is 42.9. The summed E-state index contributed by atoms with van der Waals surface area (Å²) in [5, 5.41) is 3.44. The van der Waals surface area contributed by atoms with E-state index in [-0.39, 0.29) is 32.1 Å². The lowest BCUT2D eigenvalue weighted by Crippen LogP contribution is -2.52. The fourth-order valence-corrected chi connectivity index (χ4v) is 3.96. The Morgan fingerprint density at radius 1 is 1.06 bits per heavy atom. The van der Waals surface area contributed by atoms with Crippen LogP contribution in [0.5, 0.6) is 5.75 Å². The highest BCUT2D eigenvalue weighted by Crippen LogP contribution is 2.33. The van der Waals surface area contributed by atoms with E-state index in [1.54, 1.807) is 30.3 Å². The van der Waals surface area contributed by atoms with Gasteiger partial charge in [0.15, 0.2) is 0 Å². The molecule has 1 aliphatic rings. The first kappa shape index (κ1) is 24.7. The van der Waals surface area contributed by atoms with Crippen molar-refractivity contribution in [3.8, 4) is 5.75 Å². The smallest absolute Gasteiger partial charge is 0.471 e. The van der Waals surface area contributed by atoms with Gasteiger partial charge in [-0.25, -0.2) is 0 Å². The van der Waals surface area contributed by atoms with Crippen LogP contribution in [0, 0.1) is 0 Å². The molecule has 1 N–H and O–H groups in total. The summed E-state index contributed by atoms with van der Waals surface area (Å²) in [4.78, 5) is 26.3. The molecule has 0 aliphatic carbocycles. The Morgan fingerprint density at radius 2 is 1.70 bits per heavy atom. The van der Waals surface area contributed by atoms with Crippen molar-refractivity contribution < 1.29 is 27.5 Å². The van der Waals surface area contributed by atoms with Crippen molar-refractivity contribution >= 4 is 52.5 Å². The SMILES string of the molecule is COc1c(Cl)cc(Cl)cc1/C=C/C(=O)Nc1ccc(N2CCN(C(=O)C(F)(F)F)CC2)cc1. The number of rotatable bonds is 5. The van der Waals surface area contributed by atoms with Crippen LogP contribution >= 0.6 is 23.2 Å². The fraction of sp³-hybridized carbons (Fsp3) is 0.273. The Kier molecular flexibility index (Phi) is 7.76. The molecule has 0 unspecified atom stereocenters. The minimum atomic E-state index is -4.86. The fourth-order valence-electron chi connectivity index (χ4n) is 3.37. The first-order chi connectivity index (χ1) is 15.6. The molecule has 33 heavy (non-hydrogen) atoms. The number of nitrogens with one attached hydrogen (secondary N) is 1. The van der Waals surface area contributed by atoms with Crippen molar-refractivity contribution in [2.45, 2.75) is 6.18 Å². The number of anilines is 2. The van der Waals surface area contributed by atoms with Gasteiger partial charge in [0.25, 0.3) is 0 Å². The number of carbonyl (C=O) groups is 2. The second kappa shape index (κ2) is 10.4. The summed E-state index contributed by atoms with van der Waals surface area (Å²) in [6.07, 6.45) is -2.02. The molecule has 1 saturated heterocycles. The molecule has 176 valence electrons. The number of carbonyl (C=O) groups excluding carboxylic acids is 2. The van der Waals surface area contributed by atoms with Crippen LogP contribution in [0.25, 0.3) is 6.08 Å². The summed E-state index contributed by atoms with van der Waals surface area (Å²) in [7, 11) is 1.46. The predicted molar refractivity (Wildman–Crippen MR) is 122 cm³/mol. The molecule has 2 aromatic rings. The van der Waals surface area contributed by atoms with Crippen LogP contribution in [0.15, 0.2) is 42.5 Å². The monoisotopic (exact) mass is 501 g/mol. The van der Waals surface area contributed by atoms with Gasteiger partial charge in [-0.1, -0.05) is 23.2 Å². The Balaban J connectivity index is 1.58. The molecule has 3 rings (SSSR count). The number of hydrogen-bond acceptors (Lipinski definition) is 4. The van der Waals surface area contributed by atoms with Crippen molar-refractivity contribution in [3.05, 3.63) is 58.1 Å². The number of ether oxygens (including phenoxy) is 1. The number of methoxy groups -OCH3 is 1. The van der Waals surface area contributed by atoms with Gasteiger partial charge < -0.3 is 19.9 Å². The van der Waals surface area contributed by atoms with Gasteiger partial charge in [0.2, 0.25) is 5.91 Å². The molecule has 6 nitrogen and oxygen atoms in total. The predicted octanol–water partition coefficient (Wildman–Crippen LogP) is 4.86. The summed E-state index contributed by atoms with van der Waals surface area (Å²) >= 11 is 12.1. The molecule has 1 aliphatic heterocycles. The summed E-state index contributed by atoms with van der Waals surface area (Å²) in [6, 6.07) is 10.0. The Hall–Kier alpha value is -2.91. The van der Waals surface area contributed by atoms with Crippen LogP contribution in [-0.4, -0.2) is 56.2 Å². The Labute approximate surface area is 198 Å². The highest BCUT2D eigenvalue weighted by molar-refractivity contribution is 6.36. The Bertz CT molecular complexity index is 1050. The molecule has 0 bridgehead atoms. The third-order valence-electron chi connectivity index (χ3n) is 4.96. The minimum Gasteiger partial charge on any atom is -0.495 e. The molecule has 0 aromatic heterocycles. The second-order valence-corrected chi connectivity index (χ2v) is 8.00. The first-order valence-electron chi connectivity index (χ1n) is 9.81. The van der Waals surface area contributed by atoms with Crippen molar-refractivity contribution in [1.29, 1.82) is 0 Å². The third kappa shape index (κ3) is 6.33. The quantitative estimate of drug-likeness (QED) is 0.594. The van der Waals surface area contributed by atoms with Gasteiger partial charge in [-0.3, -0.25) is 9.59 Å². The van der Waals surface area contributed by atoms with E-state index in [4.69, 9.17) is 27.9 Å². The van der Waals surface area contributed by atoms with E-state index in [0.29, 0.717) is 27.0 Å². The van der Waals surface area contributed by atoms with Gasteiger partial charge in [-0.2, -0.15) is 13.2 Å². The van der Waals surface area contributed by atoms with Crippen molar-refractivity contribution in [3.63, 3.8) is 0 Å². The van der Waals surface area contributed by atoms with Crippen LogP contribution in [0.4, 0.5) is 24.5 Å². The molecule has 1 fully saturated rings. The maximum Gasteiger partial charge on any atom is 0.471 e. The normalized spacial score (nSPS) is 14.5. The lowest BCUT2D eigenvalue weighted by Gasteiger charge is -2.36. The van der Waals surface area contributed by atoms with Crippen LogP contribution in [0.3, 0.4) is 0 Å². The van der Waals surface area contributed by atoms with Gasteiger partial charge in [0.05, 0.1) is 12.1 Å². The molecule has 2 aromatic carbocycles. The number of hydrogen-bond donors (Lipinski definition) is 1. The van der Waals surface area contributed by atoms with Gasteiger partial charge in [-0.05, 0) is 42.5 Å². The second-order valence-electron chi connectivity index (χ2n) is 7.16. The van der Waals surface area contributed by atoms with Crippen LogP contribution in [0.1, 0.15) is 5.56 Å². The summed E-state index contributed by atoms with van der Waals surface area (Å²) in [5.41, 5.74) is 1.86. The van der Waals surface area contributed by atoms with Crippen molar-refractivity contribution in [2.75, 3.05) is 43.5 Å². The van der Waals surface area contributed by atoms with Crippen LogP contribution in [0.2, 0.25) is 10.0 Å². The van der Waals surface area contributed by atoms with E-state index in [9.17, 15) is 22.8 Å². The van der Waals surface area contributed by atoms with E-state index in [1.807, 2.05) is 4.90 Å². The van der Waals surface area contributed by atoms with Crippen LogP contribution in [-0.2, 0) is 9.59 Å². The van der Waals surface area contributed by atoms with Crippen LogP contribution < -0.4 is 15.0 Å². The van der Waals surface area contributed by atoms with Gasteiger partial charge in [-0.15, -0.1) is 0 Å². The molecule has 2 amide bonds. The average molecular weight is 502 g/mol. The summed E-state index contributed by atoms with van der Waals surface area (Å²) in [5.74, 6) is -1.81. The molecule has 0 radical (unpaired) electrons. The number of alkyl halides is 3. The van der Waals surface area contributed by atoms with E-state index in [2.05, 4.69) is 5.32 Å². The standard InChI is InChI=1S/C22H20Cl2F3N3O3/c1-33-20-14(12-15(23)13-18(20)24)2-7-19(31)28-16-3-5-17(6-4-16)29-8-10-30(11-9-29)21(32)22(25,26)27/h2-7,12-13H,8-11H2,1H3,(H,28,31)/b7-2+. The molecular formula is C22H20Cl2F3N3O3. The number of nitrogens with zero attached hydrogens (tertiary/aromatic N) is 2. The van der Waals surface area contributed by atoms with Gasteiger partial charge in [0.1, 0.15) is 5.75 Å². The summed E-state index contributed by atoms with van der Waals surface area (Å²) in [6.45, 7) is 0.526. The maximum absolute atomic E-state index is 12.6. The maximum atomic E-state index is 12.6. The van der Waals surface area contributed by atoms with Gasteiger partial charge >= 0.3 is 12.1 Å². The lowest BCUT2D eigenvalue weighted by atomic mass is 10.2. The largest absolute Gasteiger partial charge is 0.495 e. The van der Waals surface area contributed by atoms with Crippen molar-refractivity contribution in [1.82, 2.24) is 4.90 Å². The molecule has 1 heterocycles. The van der Waals surface area contributed by atoms with Crippen molar-refractivity contribution in [2.24, 2.45) is 0 Å². The Morgan fingerprint density at radius 3 is 2.27 bits per heavy atom. The zero-order chi connectivity index (χ0) is 24.2. The zero-order valence-electron chi connectivity index (χ0n) is 17.5. The topological polar surface area (TPSA) is 61.9 Å². The molecule has 0 atom stereocenters. The molecular weight excluding hydrogens is 482 g/mol. The molecule has 0 saturated carbocycles. The van der Waals surface area contributed by atoms with Gasteiger partial charge in [0, 0.05) is 54.2 Å². The average Bonchev–Trinajstić information content (AvgIpc) is 2.77. The van der Waals surface area contributed by atoms with E-state index in [0.717, 1.165) is 10.6 Å². The lowest BCUT2D eigenvalue weighted by molar-refractivity contribution is -0.185. The van der Waals surface area contributed by atoms with E-state index >= 15 is 0 Å². The number of halogens is 5. The minimum absolute atomic E-state index is 0.0153. The molecule has 11 heteroatoms. The highest BCUT2D eigenvalue weighted by Gasteiger charge is 2.43. The molecule has 0 spiro atoms. The first-order valence-corrected chi connectivity index (χ1v) is 10.6. The number of amides is 2. The van der Waals surface area contributed by atoms with E-state index in [1.165, 1.54) is 25.3 Å². The zero-order valence-corrected chi connectivity index (χ0v) is 19.0. The third-order valence-corrected chi connectivity index (χ3v) is 5.46. The highest BCUT2D eigenvalue weighted by atomic mass is 35.5. The van der Waals surface area contributed by atoms with E-state index < -0.39 is 12.1 Å².